The maximum atomic E-state index is 13.0. The highest BCUT2D eigenvalue weighted by Crippen LogP contribution is 2.29. The summed E-state index contributed by atoms with van der Waals surface area (Å²) in [6, 6.07) is 12.5. The summed E-state index contributed by atoms with van der Waals surface area (Å²) in [6.07, 6.45) is 0.942. The second-order valence-electron chi connectivity index (χ2n) is 6.71. The highest BCUT2D eigenvalue weighted by atomic mass is 35.5. The first-order valence-corrected chi connectivity index (χ1v) is 10.7. The summed E-state index contributed by atoms with van der Waals surface area (Å²) in [6.45, 7) is 1.98. The van der Waals surface area contributed by atoms with Gasteiger partial charge in [0.25, 0.3) is 0 Å². The molecule has 0 aromatic heterocycles. The fourth-order valence-electron chi connectivity index (χ4n) is 3.55. The number of hydrogen-bond donors (Lipinski definition) is 1. The first-order chi connectivity index (χ1) is 12.9. The van der Waals surface area contributed by atoms with Gasteiger partial charge in [0.2, 0.25) is 15.9 Å². The largest absolute Gasteiger partial charge is 0.368 e. The zero-order chi connectivity index (χ0) is 19.0. The van der Waals surface area contributed by atoms with Crippen LogP contribution in [-0.4, -0.2) is 44.8 Å². The van der Waals surface area contributed by atoms with Crippen LogP contribution in [0.3, 0.4) is 0 Å². The molecule has 1 saturated heterocycles. The number of rotatable bonds is 3. The zero-order valence-electron chi connectivity index (χ0n) is 14.7. The third-order valence-electron chi connectivity index (χ3n) is 5.04. The van der Waals surface area contributed by atoms with Gasteiger partial charge in [-0.05, 0) is 42.3 Å². The smallest absolute Gasteiger partial charge is 0.243 e. The van der Waals surface area contributed by atoms with Crippen LogP contribution in [0.15, 0.2) is 47.4 Å². The van der Waals surface area contributed by atoms with Crippen LogP contribution in [0.25, 0.3) is 0 Å². The average molecular weight is 406 g/mol. The Hall–Kier alpha value is -2.09. The number of anilines is 2. The Labute approximate surface area is 163 Å². The molecule has 2 aromatic carbocycles. The van der Waals surface area contributed by atoms with E-state index in [1.807, 2.05) is 24.3 Å². The van der Waals surface area contributed by atoms with Crippen LogP contribution in [0.2, 0.25) is 5.02 Å². The van der Waals surface area contributed by atoms with Gasteiger partial charge in [0, 0.05) is 38.3 Å². The van der Waals surface area contributed by atoms with Crippen molar-refractivity contribution in [2.24, 2.45) is 0 Å². The van der Waals surface area contributed by atoms with E-state index in [1.165, 1.54) is 4.31 Å². The Morgan fingerprint density at radius 2 is 1.70 bits per heavy atom. The zero-order valence-corrected chi connectivity index (χ0v) is 16.3. The summed E-state index contributed by atoms with van der Waals surface area (Å²) in [7, 11) is -3.56. The number of piperazine rings is 1. The number of para-hydroxylation sites is 1. The molecule has 2 aliphatic heterocycles. The van der Waals surface area contributed by atoms with Gasteiger partial charge in [-0.3, -0.25) is 4.79 Å². The number of sulfonamides is 1. The average Bonchev–Trinajstić information content (AvgIpc) is 2.68. The van der Waals surface area contributed by atoms with Gasteiger partial charge in [0.05, 0.1) is 15.6 Å². The summed E-state index contributed by atoms with van der Waals surface area (Å²) < 4.78 is 27.6. The van der Waals surface area contributed by atoms with Gasteiger partial charge >= 0.3 is 0 Å². The lowest BCUT2D eigenvalue weighted by atomic mass is 10.0. The molecule has 0 atom stereocenters. The first kappa shape index (κ1) is 18.3. The van der Waals surface area contributed by atoms with Gasteiger partial charge in [-0.15, -0.1) is 0 Å². The number of fused-ring (bicyclic) bond motifs is 1. The minimum atomic E-state index is -3.56. The Morgan fingerprint density at radius 3 is 2.44 bits per heavy atom. The van der Waals surface area contributed by atoms with Crippen LogP contribution in [0, 0.1) is 0 Å². The second-order valence-corrected chi connectivity index (χ2v) is 9.05. The summed E-state index contributed by atoms with van der Waals surface area (Å²) in [5, 5.41) is 3.45. The molecular formula is C19H20ClN3O3S. The van der Waals surface area contributed by atoms with Crippen molar-refractivity contribution in [3.05, 3.63) is 53.1 Å². The number of hydrogen-bond acceptors (Lipinski definition) is 4. The topological polar surface area (TPSA) is 69.7 Å². The molecule has 8 heteroatoms. The van der Waals surface area contributed by atoms with Crippen molar-refractivity contribution in [2.75, 3.05) is 36.4 Å². The van der Waals surface area contributed by atoms with E-state index in [9.17, 15) is 13.2 Å². The number of nitrogens with zero attached hydrogens (tertiary/aromatic N) is 2. The molecule has 2 aromatic rings. The predicted octanol–water partition coefficient (Wildman–Crippen LogP) is 2.74. The SMILES string of the molecule is O=C1CCc2cc(S(=O)(=O)N3CCN(c4ccccc4Cl)CC3)ccc2N1. The molecule has 27 heavy (non-hydrogen) atoms. The van der Waals surface area contributed by atoms with Crippen molar-refractivity contribution in [2.45, 2.75) is 17.7 Å². The van der Waals surface area contributed by atoms with Crippen molar-refractivity contribution >= 4 is 38.9 Å². The maximum Gasteiger partial charge on any atom is 0.243 e. The number of halogens is 1. The third kappa shape index (κ3) is 3.54. The fraction of sp³-hybridized carbons (Fsp3) is 0.316. The molecular weight excluding hydrogens is 386 g/mol. The maximum absolute atomic E-state index is 13.0. The highest BCUT2D eigenvalue weighted by Gasteiger charge is 2.30. The molecule has 1 amide bonds. The van der Waals surface area contributed by atoms with Crippen molar-refractivity contribution in [3.63, 3.8) is 0 Å². The normalized spacial score (nSPS) is 18.1. The summed E-state index contributed by atoms with van der Waals surface area (Å²) in [5.41, 5.74) is 2.50. The predicted molar refractivity (Wildman–Crippen MR) is 106 cm³/mol. The van der Waals surface area contributed by atoms with Crippen LogP contribution in [-0.2, 0) is 21.2 Å². The van der Waals surface area contributed by atoms with Crippen LogP contribution in [0.1, 0.15) is 12.0 Å². The number of carbonyl (C=O) groups is 1. The molecule has 142 valence electrons. The van der Waals surface area contributed by atoms with Crippen LogP contribution >= 0.6 is 11.6 Å². The number of carbonyl (C=O) groups excluding carboxylic acids is 1. The lowest BCUT2D eigenvalue weighted by Gasteiger charge is -2.35. The van der Waals surface area contributed by atoms with E-state index < -0.39 is 10.0 Å². The van der Waals surface area contributed by atoms with Gasteiger partial charge in [0.1, 0.15) is 0 Å². The van der Waals surface area contributed by atoms with Gasteiger partial charge in [-0.25, -0.2) is 8.42 Å². The van der Waals surface area contributed by atoms with Crippen molar-refractivity contribution < 1.29 is 13.2 Å². The van der Waals surface area contributed by atoms with E-state index >= 15 is 0 Å². The Bertz CT molecular complexity index is 985. The minimum Gasteiger partial charge on any atom is -0.368 e. The van der Waals surface area contributed by atoms with E-state index in [0.29, 0.717) is 49.7 Å². The second kappa shape index (κ2) is 7.14. The lowest BCUT2D eigenvalue weighted by molar-refractivity contribution is -0.116. The van der Waals surface area contributed by atoms with E-state index in [2.05, 4.69) is 10.2 Å². The van der Waals surface area contributed by atoms with Crippen molar-refractivity contribution in [1.29, 1.82) is 0 Å². The van der Waals surface area contributed by atoms with Gasteiger partial charge in [-0.1, -0.05) is 23.7 Å². The van der Waals surface area contributed by atoms with E-state index in [1.54, 1.807) is 18.2 Å². The van der Waals surface area contributed by atoms with Gasteiger partial charge < -0.3 is 10.2 Å². The standard InChI is InChI=1S/C19H20ClN3O3S/c20-16-3-1-2-4-18(16)22-9-11-23(12-10-22)27(25,26)15-6-7-17-14(13-15)5-8-19(24)21-17/h1-4,6-7,13H,5,8-12H2,(H,21,24). The summed E-state index contributed by atoms with van der Waals surface area (Å²) in [5.74, 6) is -0.0335. The highest BCUT2D eigenvalue weighted by molar-refractivity contribution is 7.89. The number of nitrogens with one attached hydrogen (secondary N) is 1. The molecule has 0 aliphatic carbocycles. The molecule has 0 saturated carbocycles. The molecule has 6 nitrogen and oxygen atoms in total. The number of amides is 1. The summed E-state index contributed by atoms with van der Waals surface area (Å²) >= 11 is 6.25. The quantitative estimate of drug-likeness (QED) is 0.852. The summed E-state index contributed by atoms with van der Waals surface area (Å²) in [4.78, 5) is 13.9. The van der Waals surface area contributed by atoms with Gasteiger partial charge in [-0.2, -0.15) is 4.31 Å². The molecule has 0 radical (unpaired) electrons. The first-order valence-electron chi connectivity index (χ1n) is 8.87. The van der Waals surface area contributed by atoms with Crippen LogP contribution < -0.4 is 10.2 Å². The monoisotopic (exact) mass is 405 g/mol. The molecule has 4 rings (SSSR count). The molecule has 0 bridgehead atoms. The third-order valence-corrected chi connectivity index (χ3v) is 7.26. The number of benzene rings is 2. The lowest BCUT2D eigenvalue weighted by Crippen LogP contribution is -2.48. The molecule has 0 unspecified atom stereocenters. The van der Waals surface area contributed by atoms with Crippen molar-refractivity contribution in [3.8, 4) is 0 Å². The molecule has 2 aliphatic rings. The van der Waals surface area contributed by atoms with E-state index in [0.717, 1.165) is 11.3 Å². The molecule has 1 N–H and O–H groups in total. The minimum absolute atomic E-state index is 0.0335. The Morgan fingerprint density at radius 1 is 0.963 bits per heavy atom. The fourth-order valence-corrected chi connectivity index (χ4v) is 5.28. The van der Waals surface area contributed by atoms with Gasteiger partial charge in [0.15, 0.2) is 0 Å². The molecule has 1 fully saturated rings. The van der Waals surface area contributed by atoms with E-state index in [4.69, 9.17) is 11.6 Å². The molecule has 2 heterocycles. The van der Waals surface area contributed by atoms with E-state index in [-0.39, 0.29) is 10.8 Å². The van der Waals surface area contributed by atoms with Crippen LogP contribution in [0.5, 0.6) is 0 Å². The van der Waals surface area contributed by atoms with Crippen molar-refractivity contribution in [1.82, 2.24) is 4.31 Å². The Balaban J connectivity index is 1.51. The van der Waals surface area contributed by atoms with Crippen LogP contribution in [0.4, 0.5) is 11.4 Å². The number of aryl methyl sites for hydroxylation is 1. The Kier molecular flexibility index (Phi) is 4.84. The molecule has 0 spiro atoms.